The third-order valence-corrected chi connectivity index (χ3v) is 2.80. The number of nitrogens with one attached hydrogen (secondary N) is 1. The Hall–Kier alpha value is -0.570. The molecule has 1 N–H and O–H groups in total. The van der Waals surface area contributed by atoms with Crippen molar-refractivity contribution in [2.75, 3.05) is 20.3 Å². The van der Waals surface area contributed by atoms with Crippen LogP contribution in [0.1, 0.15) is 33.6 Å². The summed E-state index contributed by atoms with van der Waals surface area (Å²) in [5.41, 5.74) is -0.0486. The lowest BCUT2D eigenvalue weighted by Gasteiger charge is -2.37. The molecule has 0 atom stereocenters. The minimum Gasteiger partial charge on any atom is -0.381 e. The van der Waals surface area contributed by atoms with Gasteiger partial charge in [0.05, 0.1) is 0 Å². The molecule has 0 aromatic heterocycles. The first-order valence-corrected chi connectivity index (χ1v) is 5.32. The van der Waals surface area contributed by atoms with Crippen LogP contribution in [0.25, 0.3) is 0 Å². The maximum absolute atomic E-state index is 8.07. The topological polar surface area (TPSA) is 36.3 Å². The lowest BCUT2D eigenvalue weighted by molar-refractivity contribution is 0.0585. The molecule has 1 fully saturated rings. The van der Waals surface area contributed by atoms with Crippen LogP contribution in [0.4, 0.5) is 0 Å². The van der Waals surface area contributed by atoms with E-state index in [-0.39, 0.29) is 5.41 Å². The molecule has 0 aromatic rings. The number of hydrogen-bond acceptors (Lipinski definition) is 2. The highest BCUT2D eigenvalue weighted by Crippen LogP contribution is 2.21. The van der Waals surface area contributed by atoms with Crippen molar-refractivity contribution < 1.29 is 4.74 Å². The number of ether oxygens (including phenoxy) is 1. The van der Waals surface area contributed by atoms with Gasteiger partial charge in [0, 0.05) is 31.7 Å². The van der Waals surface area contributed by atoms with Crippen LogP contribution in [0.3, 0.4) is 0 Å². The molecule has 0 spiro atoms. The molecule has 3 nitrogen and oxygen atoms in total. The Bertz CT molecular complexity index is 202. The van der Waals surface area contributed by atoms with Crippen molar-refractivity contribution >= 4 is 5.84 Å². The second-order valence-electron chi connectivity index (χ2n) is 5.05. The summed E-state index contributed by atoms with van der Waals surface area (Å²) in [5, 5.41) is 8.07. The summed E-state index contributed by atoms with van der Waals surface area (Å²) in [4.78, 5) is 2.11. The van der Waals surface area contributed by atoms with E-state index in [0.717, 1.165) is 31.9 Å². The molecular weight excluding hydrogens is 176 g/mol. The summed E-state index contributed by atoms with van der Waals surface area (Å²) in [6.07, 6.45) is 2.10. The van der Waals surface area contributed by atoms with Crippen LogP contribution in [-0.2, 0) is 4.74 Å². The van der Waals surface area contributed by atoms with Crippen molar-refractivity contribution in [3.63, 3.8) is 0 Å². The highest BCUT2D eigenvalue weighted by molar-refractivity contribution is 5.84. The van der Waals surface area contributed by atoms with Gasteiger partial charge in [-0.3, -0.25) is 5.41 Å². The maximum atomic E-state index is 8.07. The summed E-state index contributed by atoms with van der Waals surface area (Å²) < 4.78 is 5.32. The summed E-state index contributed by atoms with van der Waals surface area (Å²) in [5.74, 6) is 0.726. The van der Waals surface area contributed by atoms with Gasteiger partial charge in [-0.25, -0.2) is 0 Å². The van der Waals surface area contributed by atoms with E-state index in [1.165, 1.54) is 0 Å². The van der Waals surface area contributed by atoms with E-state index in [4.69, 9.17) is 10.1 Å². The monoisotopic (exact) mass is 198 g/mol. The van der Waals surface area contributed by atoms with Crippen LogP contribution in [0.15, 0.2) is 0 Å². The zero-order valence-electron chi connectivity index (χ0n) is 9.76. The Morgan fingerprint density at radius 3 is 2.21 bits per heavy atom. The second kappa shape index (κ2) is 4.30. The lowest BCUT2D eigenvalue weighted by Crippen LogP contribution is -2.45. The fourth-order valence-electron chi connectivity index (χ4n) is 1.78. The molecule has 0 aromatic carbocycles. The Morgan fingerprint density at radius 2 is 1.79 bits per heavy atom. The molecule has 1 rings (SSSR count). The van der Waals surface area contributed by atoms with Gasteiger partial charge in [0.2, 0.25) is 0 Å². The molecular formula is C11H22N2O. The summed E-state index contributed by atoms with van der Waals surface area (Å²) >= 11 is 0. The zero-order chi connectivity index (χ0) is 10.8. The van der Waals surface area contributed by atoms with E-state index in [2.05, 4.69) is 25.7 Å². The SMILES string of the molecule is CN(C(=N)C(C)(C)C)C1CCOCC1. The first-order valence-electron chi connectivity index (χ1n) is 5.32. The van der Waals surface area contributed by atoms with Gasteiger partial charge in [0.15, 0.2) is 0 Å². The standard InChI is InChI=1S/C11H22N2O/c1-11(2,3)10(12)13(4)9-5-7-14-8-6-9/h9,12H,5-8H2,1-4H3. The summed E-state index contributed by atoms with van der Waals surface area (Å²) in [6.45, 7) is 7.94. The summed E-state index contributed by atoms with van der Waals surface area (Å²) in [7, 11) is 2.03. The molecule has 1 aliphatic rings. The first kappa shape index (κ1) is 11.5. The summed E-state index contributed by atoms with van der Waals surface area (Å²) in [6, 6.07) is 0.496. The minimum atomic E-state index is -0.0486. The highest BCUT2D eigenvalue weighted by Gasteiger charge is 2.26. The van der Waals surface area contributed by atoms with Crippen molar-refractivity contribution in [2.45, 2.75) is 39.7 Å². The largest absolute Gasteiger partial charge is 0.381 e. The quantitative estimate of drug-likeness (QED) is 0.517. The smallest absolute Gasteiger partial charge is 0.101 e. The average molecular weight is 198 g/mol. The minimum absolute atomic E-state index is 0.0486. The third kappa shape index (κ3) is 2.71. The first-order chi connectivity index (χ1) is 6.43. The molecule has 3 heteroatoms. The lowest BCUT2D eigenvalue weighted by atomic mass is 9.92. The van der Waals surface area contributed by atoms with E-state index < -0.39 is 0 Å². The average Bonchev–Trinajstić information content (AvgIpc) is 2.15. The molecule has 1 heterocycles. The molecule has 1 saturated heterocycles. The van der Waals surface area contributed by atoms with Crippen molar-refractivity contribution in [1.29, 1.82) is 5.41 Å². The van der Waals surface area contributed by atoms with Crippen molar-refractivity contribution in [3.8, 4) is 0 Å². The molecule has 0 bridgehead atoms. The number of hydrogen-bond donors (Lipinski definition) is 1. The fourth-order valence-corrected chi connectivity index (χ4v) is 1.78. The number of amidine groups is 1. The third-order valence-electron chi connectivity index (χ3n) is 2.80. The van der Waals surface area contributed by atoms with E-state index in [0.29, 0.717) is 6.04 Å². The van der Waals surface area contributed by atoms with Gasteiger partial charge in [-0.05, 0) is 12.8 Å². The van der Waals surface area contributed by atoms with Crippen molar-refractivity contribution in [2.24, 2.45) is 5.41 Å². The Kier molecular flexibility index (Phi) is 3.53. The molecule has 82 valence electrons. The van der Waals surface area contributed by atoms with E-state index in [1.54, 1.807) is 0 Å². The molecule has 0 saturated carbocycles. The van der Waals surface area contributed by atoms with E-state index in [1.807, 2.05) is 7.05 Å². The van der Waals surface area contributed by atoms with E-state index in [9.17, 15) is 0 Å². The van der Waals surface area contributed by atoms with Gasteiger partial charge in [0.1, 0.15) is 5.84 Å². The van der Waals surface area contributed by atoms with Crippen LogP contribution in [0, 0.1) is 10.8 Å². The predicted octanol–water partition coefficient (Wildman–Crippen LogP) is 2.12. The normalized spacial score (nSPS) is 19.4. The van der Waals surface area contributed by atoms with Crippen LogP contribution >= 0.6 is 0 Å². The Labute approximate surface area is 86.9 Å². The van der Waals surface area contributed by atoms with Gasteiger partial charge >= 0.3 is 0 Å². The number of rotatable bonds is 1. The zero-order valence-corrected chi connectivity index (χ0v) is 9.76. The Morgan fingerprint density at radius 1 is 1.29 bits per heavy atom. The molecule has 1 aliphatic heterocycles. The van der Waals surface area contributed by atoms with Crippen LogP contribution < -0.4 is 0 Å². The van der Waals surface area contributed by atoms with Gasteiger partial charge in [0.25, 0.3) is 0 Å². The highest BCUT2D eigenvalue weighted by atomic mass is 16.5. The molecule has 0 radical (unpaired) electrons. The molecule has 0 aliphatic carbocycles. The van der Waals surface area contributed by atoms with E-state index >= 15 is 0 Å². The van der Waals surface area contributed by atoms with Crippen LogP contribution in [-0.4, -0.2) is 37.0 Å². The molecule has 0 unspecified atom stereocenters. The predicted molar refractivity (Wildman–Crippen MR) is 58.8 cm³/mol. The van der Waals surface area contributed by atoms with Gasteiger partial charge < -0.3 is 9.64 Å². The number of nitrogens with zero attached hydrogens (tertiary/aromatic N) is 1. The second-order valence-corrected chi connectivity index (χ2v) is 5.05. The Balaban J connectivity index is 2.55. The maximum Gasteiger partial charge on any atom is 0.101 e. The molecule has 14 heavy (non-hydrogen) atoms. The van der Waals surface area contributed by atoms with Gasteiger partial charge in [-0.2, -0.15) is 0 Å². The van der Waals surface area contributed by atoms with Crippen LogP contribution in [0.5, 0.6) is 0 Å². The van der Waals surface area contributed by atoms with Gasteiger partial charge in [-0.15, -0.1) is 0 Å². The molecule has 0 amide bonds. The van der Waals surface area contributed by atoms with Crippen molar-refractivity contribution in [3.05, 3.63) is 0 Å². The van der Waals surface area contributed by atoms with Gasteiger partial charge in [-0.1, -0.05) is 20.8 Å². The fraction of sp³-hybridized carbons (Fsp3) is 0.909. The van der Waals surface area contributed by atoms with Crippen LogP contribution in [0.2, 0.25) is 0 Å². The van der Waals surface area contributed by atoms with Crippen molar-refractivity contribution in [1.82, 2.24) is 4.90 Å².